The Labute approximate surface area is 219 Å². The van der Waals surface area contributed by atoms with Crippen molar-refractivity contribution in [3.63, 3.8) is 0 Å². The number of aliphatic imine (C=N–C) groups is 1. The summed E-state index contributed by atoms with van der Waals surface area (Å²) in [4.78, 5) is 9.70. The molecule has 0 saturated carbocycles. The molecule has 3 N–H and O–H groups in total. The Morgan fingerprint density at radius 1 is 1.16 bits per heavy atom. The number of hydrazone groups is 1. The minimum absolute atomic E-state index is 0.0656. The number of aromatic nitrogens is 3. The Hall–Kier alpha value is -3.76. The third-order valence-corrected chi connectivity index (χ3v) is 7.84. The van der Waals surface area contributed by atoms with Crippen molar-refractivity contribution in [3.8, 4) is 11.1 Å². The summed E-state index contributed by atoms with van der Waals surface area (Å²) < 4.78 is 1.10. The number of rotatable bonds is 6. The van der Waals surface area contributed by atoms with E-state index in [0.717, 1.165) is 38.6 Å². The number of aliphatic hydroxyl groups excluding tert-OH is 1. The van der Waals surface area contributed by atoms with Crippen LogP contribution in [-0.2, 0) is 6.42 Å². The zero-order valence-electron chi connectivity index (χ0n) is 20.6. The number of thiazole rings is 1. The molecular weight excluding hydrogens is 484 g/mol. The Kier molecular flexibility index (Phi) is 6.58. The van der Waals surface area contributed by atoms with E-state index in [9.17, 15) is 5.11 Å². The van der Waals surface area contributed by atoms with Crippen LogP contribution >= 0.6 is 11.3 Å². The van der Waals surface area contributed by atoms with Crippen LogP contribution in [0.4, 0.5) is 5.13 Å². The highest BCUT2D eigenvalue weighted by Gasteiger charge is 2.25. The van der Waals surface area contributed by atoms with Crippen LogP contribution in [0.25, 0.3) is 26.7 Å². The van der Waals surface area contributed by atoms with E-state index in [0.29, 0.717) is 31.9 Å². The number of piperidine rings is 1. The number of aliphatic hydroxyl groups is 1. The monoisotopic (exact) mass is 513 g/mol. The molecule has 0 amide bonds. The van der Waals surface area contributed by atoms with Crippen LogP contribution in [-0.4, -0.2) is 62.3 Å². The van der Waals surface area contributed by atoms with Gasteiger partial charge < -0.3 is 30.8 Å². The highest BCUT2D eigenvalue weighted by molar-refractivity contribution is 7.22. The van der Waals surface area contributed by atoms with Crippen LogP contribution in [0.5, 0.6) is 0 Å². The first-order valence-electron chi connectivity index (χ1n) is 12.6. The number of fused-ring (bicyclic) bond motifs is 1. The second-order valence-electron chi connectivity index (χ2n) is 9.55. The molecule has 2 aromatic carbocycles. The lowest BCUT2D eigenvalue weighted by Crippen LogP contribution is -2.39. The van der Waals surface area contributed by atoms with Crippen molar-refractivity contribution in [2.45, 2.75) is 38.5 Å². The molecule has 2 aromatic heterocycles. The lowest BCUT2D eigenvalue weighted by molar-refractivity contribution is 0.0842. The average Bonchev–Trinajstić information content (AvgIpc) is 3.58. The second kappa shape index (κ2) is 10.3. The Morgan fingerprint density at radius 3 is 2.78 bits per heavy atom. The number of aromatic amines is 1. The maximum Gasteiger partial charge on any atom is 0.184 e. The quantitative estimate of drug-likeness (QED) is 0.341. The van der Waals surface area contributed by atoms with Gasteiger partial charge in [0, 0.05) is 36.7 Å². The van der Waals surface area contributed by atoms with Gasteiger partial charge in [-0.15, -0.1) is 0 Å². The summed E-state index contributed by atoms with van der Waals surface area (Å²) in [7, 11) is 0. The van der Waals surface area contributed by atoms with E-state index in [1.165, 1.54) is 5.56 Å². The first-order valence-corrected chi connectivity index (χ1v) is 13.4. The third-order valence-electron chi connectivity index (χ3n) is 6.89. The van der Waals surface area contributed by atoms with Gasteiger partial charge in [0.2, 0.25) is 0 Å². The molecule has 10 heteroatoms. The van der Waals surface area contributed by atoms with E-state index >= 15 is 0 Å². The molecule has 190 valence electrons. The molecule has 6 rings (SSSR count). The van der Waals surface area contributed by atoms with Crippen LogP contribution in [0.2, 0.25) is 0 Å². The van der Waals surface area contributed by atoms with Gasteiger partial charge in [-0.05, 0) is 48.2 Å². The molecule has 2 atom stereocenters. The van der Waals surface area contributed by atoms with Gasteiger partial charge in [-0.25, -0.2) is 4.98 Å². The fourth-order valence-corrected chi connectivity index (χ4v) is 5.60. The summed E-state index contributed by atoms with van der Waals surface area (Å²) >= 11 is 1.62. The first kappa shape index (κ1) is 23.6. The molecule has 4 heterocycles. The normalized spacial score (nSPS) is 21.7. The van der Waals surface area contributed by atoms with Crippen molar-refractivity contribution in [1.82, 2.24) is 20.2 Å². The van der Waals surface area contributed by atoms with E-state index in [-0.39, 0.29) is 18.2 Å². The zero-order chi connectivity index (χ0) is 25.2. The predicted molar refractivity (Wildman–Crippen MR) is 149 cm³/mol. The van der Waals surface area contributed by atoms with Gasteiger partial charge in [-0.2, -0.15) is 5.10 Å². The molecule has 0 aliphatic carbocycles. The molecule has 2 aliphatic rings. The largest absolute Gasteiger partial charge is 0.393 e. The summed E-state index contributed by atoms with van der Waals surface area (Å²) in [6, 6.07) is 16.6. The summed E-state index contributed by atoms with van der Waals surface area (Å²) in [5.41, 5.74) is 5.35. The van der Waals surface area contributed by atoms with Gasteiger partial charge >= 0.3 is 0 Å². The Bertz CT molecular complexity index is 1410. The number of benzene rings is 2. The molecule has 9 nitrogen and oxygen atoms in total. The van der Waals surface area contributed by atoms with Crippen molar-refractivity contribution >= 4 is 38.4 Å². The van der Waals surface area contributed by atoms with Gasteiger partial charge in [0.25, 0.3) is 0 Å². The van der Waals surface area contributed by atoms with Crippen molar-refractivity contribution in [3.05, 3.63) is 71.8 Å². The van der Waals surface area contributed by atoms with Crippen molar-refractivity contribution in [1.29, 1.82) is 0 Å². The number of nitrogens with one attached hydrogen (secondary N) is 2. The number of H-pyrrole nitrogens is 1. The summed E-state index contributed by atoms with van der Waals surface area (Å²) in [5, 5.41) is 32.8. The summed E-state index contributed by atoms with van der Waals surface area (Å²) in [5.74, 6) is 0.539. The van der Waals surface area contributed by atoms with E-state index in [1.807, 2.05) is 29.5 Å². The number of hydrogen-bond acceptors (Lipinski definition) is 7. The van der Waals surface area contributed by atoms with Gasteiger partial charge in [0.05, 0.1) is 28.7 Å². The zero-order valence-corrected chi connectivity index (χ0v) is 21.4. The van der Waals surface area contributed by atoms with E-state index in [4.69, 9.17) is 20.4 Å². The SMILES string of the molecule is CC1C(Cc2ccccc2)=NC(=NN2CCC(O)CC2)[N-]C1Nc1nc2ccc(-c3cn[nH]c3)cc2s1. The van der Waals surface area contributed by atoms with Crippen LogP contribution < -0.4 is 5.32 Å². The maximum atomic E-state index is 9.86. The minimum atomic E-state index is -0.251. The van der Waals surface area contributed by atoms with E-state index in [1.54, 1.807) is 11.3 Å². The fourth-order valence-electron chi connectivity index (χ4n) is 4.67. The van der Waals surface area contributed by atoms with Gasteiger partial charge in [0.1, 0.15) is 0 Å². The topological polar surface area (TPSA) is 116 Å². The fraction of sp³-hybridized carbons (Fsp3) is 0.333. The van der Waals surface area contributed by atoms with Crippen LogP contribution in [0, 0.1) is 5.92 Å². The molecule has 37 heavy (non-hydrogen) atoms. The molecule has 2 unspecified atom stereocenters. The Balaban J connectivity index is 1.26. The van der Waals surface area contributed by atoms with Crippen LogP contribution in [0.3, 0.4) is 0 Å². The number of guanidine groups is 1. The number of anilines is 1. The van der Waals surface area contributed by atoms with E-state index < -0.39 is 0 Å². The lowest BCUT2D eigenvalue weighted by atomic mass is 9.94. The molecule has 0 spiro atoms. The van der Waals surface area contributed by atoms with Crippen LogP contribution in [0.1, 0.15) is 25.3 Å². The maximum absolute atomic E-state index is 9.86. The van der Waals surface area contributed by atoms with Crippen molar-refractivity contribution < 1.29 is 5.11 Å². The van der Waals surface area contributed by atoms with E-state index in [2.05, 4.69) is 58.8 Å². The summed E-state index contributed by atoms with van der Waals surface area (Å²) in [6.07, 6.45) is 5.38. The molecule has 1 saturated heterocycles. The van der Waals surface area contributed by atoms with Crippen LogP contribution in [0.15, 0.2) is 71.0 Å². The lowest BCUT2D eigenvalue weighted by Gasteiger charge is -2.39. The van der Waals surface area contributed by atoms with Crippen molar-refractivity contribution in [2.75, 3.05) is 18.4 Å². The first-order chi connectivity index (χ1) is 18.1. The average molecular weight is 514 g/mol. The highest BCUT2D eigenvalue weighted by Crippen LogP contribution is 2.33. The molecule has 0 radical (unpaired) electrons. The smallest absolute Gasteiger partial charge is 0.184 e. The summed E-state index contributed by atoms with van der Waals surface area (Å²) in [6.45, 7) is 3.56. The predicted octanol–water partition coefficient (Wildman–Crippen LogP) is 4.86. The minimum Gasteiger partial charge on any atom is -0.393 e. The van der Waals surface area contributed by atoms with Gasteiger partial charge in [-0.1, -0.05) is 54.7 Å². The third kappa shape index (κ3) is 5.35. The number of nitrogens with zero attached hydrogens (tertiary/aromatic N) is 6. The van der Waals surface area contributed by atoms with Gasteiger partial charge in [-0.3, -0.25) is 5.10 Å². The molecule has 1 fully saturated rings. The number of hydrogen-bond donors (Lipinski definition) is 3. The standard InChI is InChI=1S/C27H29N8OS/c1-17-23(13-18-5-3-2-4-6-18)30-26(34-35-11-9-21(36)10-12-35)32-25(17)33-27-31-22-8-7-19(14-24(22)37-27)20-15-28-29-16-20/h2-8,14-17,21,25,36H,9-13H2,1H3,(H2-,28,29,31,32,33,34)/q-1. The molecule has 4 aromatic rings. The molecular formula is C27H29N8OS-. The van der Waals surface area contributed by atoms with Gasteiger partial charge in [0.15, 0.2) is 5.13 Å². The Morgan fingerprint density at radius 2 is 2.00 bits per heavy atom. The molecule has 2 aliphatic heterocycles. The molecule has 0 bridgehead atoms. The highest BCUT2D eigenvalue weighted by atomic mass is 32.1. The second-order valence-corrected chi connectivity index (χ2v) is 10.6. The van der Waals surface area contributed by atoms with Crippen molar-refractivity contribution in [2.24, 2.45) is 16.0 Å².